The molecule has 0 aliphatic rings. The van der Waals surface area contributed by atoms with Crippen LogP contribution in [0.25, 0.3) is 16.7 Å². The van der Waals surface area contributed by atoms with Gasteiger partial charge in [-0.2, -0.15) is 5.26 Å². The van der Waals surface area contributed by atoms with Gasteiger partial charge in [-0.15, -0.1) is 0 Å². The number of carbonyl (C=O) groups excluding carboxylic acids is 1. The van der Waals surface area contributed by atoms with Crippen LogP contribution in [0.3, 0.4) is 0 Å². The minimum atomic E-state index is -0.761. The number of allylic oxidation sites excluding steroid dienone is 1. The molecule has 0 radical (unpaired) electrons. The van der Waals surface area contributed by atoms with Crippen LogP contribution in [0.4, 0.5) is 13.6 Å². The Morgan fingerprint density at radius 3 is 2.79 bits per heavy atom. The number of alkyl carbamates (subject to hydrolysis) is 1. The SMILES string of the molecule is C=C(C)OC(=O)N[C@@H](C)c1nc2ccc(F)c(C#N)c2n1-c1cncc(F)c1. The van der Waals surface area contributed by atoms with Crippen molar-refractivity contribution in [3.05, 3.63) is 66.0 Å². The molecule has 0 saturated carbocycles. The number of pyridine rings is 1. The number of ether oxygens (including phenoxy) is 1. The van der Waals surface area contributed by atoms with E-state index in [2.05, 4.69) is 21.9 Å². The van der Waals surface area contributed by atoms with Gasteiger partial charge in [0.2, 0.25) is 0 Å². The summed E-state index contributed by atoms with van der Waals surface area (Å²) in [5.41, 5.74) is 0.421. The van der Waals surface area contributed by atoms with Gasteiger partial charge in [0, 0.05) is 6.07 Å². The number of nitriles is 1. The van der Waals surface area contributed by atoms with Gasteiger partial charge >= 0.3 is 6.09 Å². The van der Waals surface area contributed by atoms with Crippen molar-refractivity contribution in [2.24, 2.45) is 0 Å². The Bertz CT molecular complexity index is 1130. The van der Waals surface area contributed by atoms with Gasteiger partial charge in [0.15, 0.2) is 0 Å². The average Bonchev–Trinajstić information content (AvgIpc) is 3.00. The number of aromatic nitrogens is 3. The summed E-state index contributed by atoms with van der Waals surface area (Å²) < 4.78 is 34.2. The molecule has 3 aromatic rings. The molecule has 1 aromatic carbocycles. The minimum absolute atomic E-state index is 0.145. The first kappa shape index (κ1) is 19.0. The number of carbonyl (C=O) groups is 1. The van der Waals surface area contributed by atoms with Gasteiger partial charge < -0.3 is 10.1 Å². The van der Waals surface area contributed by atoms with Crippen LogP contribution in [0, 0.1) is 23.0 Å². The highest BCUT2D eigenvalue weighted by Crippen LogP contribution is 2.29. The quantitative estimate of drug-likeness (QED) is 0.690. The second-order valence-corrected chi connectivity index (χ2v) is 6.03. The molecule has 1 amide bonds. The van der Waals surface area contributed by atoms with Crippen LogP contribution in [-0.4, -0.2) is 20.6 Å². The molecule has 1 N–H and O–H groups in total. The Balaban J connectivity index is 2.22. The average molecular weight is 383 g/mol. The summed E-state index contributed by atoms with van der Waals surface area (Å²) in [6.45, 7) is 6.62. The summed E-state index contributed by atoms with van der Waals surface area (Å²) in [6, 6.07) is 4.78. The second kappa shape index (κ2) is 7.44. The van der Waals surface area contributed by atoms with Crippen LogP contribution in [0.1, 0.15) is 31.3 Å². The van der Waals surface area contributed by atoms with E-state index in [9.17, 15) is 18.8 Å². The van der Waals surface area contributed by atoms with E-state index >= 15 is 0 Å². The molecular formula is C19H15F2N5O2. The molecule has 0 fully saturated rings. The van der Waals surface area contributed by atoms with Crippen LogP contribution in [0.2, 0.25) is 0 Å². The van der Waals surface area contributed by atoms with Crippen LogP contribution in [0.5, 0.6) is 0 Å². The summed E-state index contributed by atoms with van der Waals surface area (Å²) in [4.78, 5) is 20.1. The fraction of sp³-hybridized carbons (Fsp3) is 0.158. The number of nitrogens with one attached hydrogen (secondary N) is 1. The molecule has 7 nitrogen and oxygen atoms in total. The summed E-state index contributed by atoms with van der Waals surface area (Å²) in [5, 5.41) is 12.0. The van der Waals surface area contributed by atoms with Crippen molar-refractivity contribution >= 4 is 17.1 Å². The molecule has 0 spiro atoms. The van der Waals surface area contributed by atoms with Crippen molar-refractivity contribution in [3.8, 4) is 11.8 Å². The summed E-state index contributed by atoms with van der Waals surface area (Å²) in [7, 11) is 0. The molecular weight excluding hydrogens is 368 g/mol. The van der Waals surface area contributed by atoms with E-state index in [4.69, 9.17) is 4.74 Å². The molecule has 9 heteroatoms. The van der Waals surface area contributed by atoms with E-state index < -0.39 is 23.8 Å². The highest BCUT2D eigenvalue weighted by molar-refractivity contribution is 5.84. The standard InChI is InChI=1S/C19H15F2N5O2/c1-10(2)28-19(27)24-11(3)18-25-16-5-4-15(21)14(7-22)17(16)26(18)13-6-12(20)8-23-9-13/h4-6,8-9,11H,1H2,2-3H3,(H,24,27)/t11-/m0/s1. The van der Waals surface area contributed by atoms with Crippen LogP contribution in [-0.2, 0) is 4.74 Å². The zero-order chi connectivity index (χ0) is 20.4. The van der Waals surface area contributed by atoms with Crippen molar-refractivity contribution in [3.63, 3.8) is 0 Å². The first-order valence-electron chi connectivity index (χ1n) is 8.17. The molecule has 0 bridgehead atoms. The lowest BCUT2D eigenvalue weighted by atomic mass is 10.2. The third-order valence-corrected chi connectivity index (χ3v) is 3.84. The minimum Gasteiger partial charge on any atom is -0.416 e. The van der Waals surface area contributed by atoms with E-state index in [-0.39, 0.29) is 28.4 Å². The van der Waals surface area contributed by atoms with Gasteiger partial charge in [-0.05, 0) is 26.0 Å². The lowest BCUT2D eigenvalue weighted by Crippen LogP contribution is -2.28. The Kier molecular flexibility index (Phi) is 5.04. The van der Waals surface area contributed by atoms with Gasteiger partial charge in [0.05, 0.1) is 40.9 Å². The fourth-order valence-electron chi connectivity index (χ4n) is 2.77. The van der Waals surface area contributed by atoms with Crippen molar-refractivity contribution < 1.29 is 18.3 Å². The highest BCUT2D eigenvalue weighted by atomic mass is 19.1. The van der Waals surface area contributed by atoms with Gasteiger partial charge in [0.25, 0.3) is 0 Å². The van der Waals surface area contributed by atoms with E-state index in [0.29, 0.717) is 5.52 Å². The second-order valence-electron chi connectivity index (χ2n) is 6.03. The number of nitrogens with zero attached hydrogens (tertiary/aromatic N) is 4. The monoisotopic (exact) mass is 383 g/mol. The molecule has 1 atom stereocenters. The Labute approximate surface area is 158 Å². The third-order valence-electron chi connectivity index (χ3n) is 3.84. The maximum atomic E-state index is 14.2. The molecule has 0 aliphatic carbocycles. The van der Waals surface area contributed by atoms with Crippen LogP contribution < -0.4 is 5.32 Å². The van der Waals surface area contributed by atoms with Gasteiger partial charge in [-0.25, -0.2) is 18.6 Å². The van der Waals surface area contributed by atoms with Crippen molar-refractivity contribution in [2.75, 3.05) is 0 Å². The van der Waals surface area contributed by atoms with E-state index in [1.165, 1.54) is 29.8 Å². The number of hydrogen-bond donors (Lipinski definition) is 1. The lowest BCUT2D eigenvalue weighted by molar-refractivity contribution is 0.172. The molecule has 142 valence electrons. The zero-order valence-corrected chi connectivity index (χ0v) is 15.0. The number of fused-ring (bicyclic) bond motifs is 1. The zero-order valence-electron chi connectivity index (χ0n) is 15.0. The number of hydrogen-bond acceptors (Lipinski definition) is 5. The van der Waals surface area contributed by atoms with Crippen molar-refractivity contribution in [1.82, 2.24) is 19.9 Å². The first-order chi connectivity index (χ1) is 13.3. The van der Waals surface area contributed by atoms with E-state index in [1.54, 1.807) is 6.92 Å². The molecule has 0 saturated heterocycles. The van der Waals surface area contributed by atoms with Gasteiger partial charge in [-0.1, -0.05) is 6.58 Å². The maximum Gasteiger partial charge on any atom is 0.412 e. The number of amides is 1. The summed E-state index contributed by atoms with van der Waals surface area (Å²) in [5.74, 6) is -0.929. The van der Waals surface area contributed by atoms with E-state index in [1.807, 2.05) is 6.07 Å². The molecule has 0 unspecified atom stereocenters. The molecule has 3 rings (SSSR count). The predicted octanol–water partition coefficient (Wildman–Crippen LogP) is 3.89. The van der Waals surface area contributed by atoms with Crippen molar-refractivity contribution in [1.29, 1.82) is 5.26 Å². The Hall–Kier alpha value is -3.80. The van der Waals surface area contributed by atoms with E-state index in [0.717, 1.165) is 12.3 Å². The number of benzene rings is 1. The molecule has 0 aliphatic heterocycles. The predicted molar refractivity (Wildman–Crippen MR) is 96.3 cm³/mol. The van der Waals surface area contributed by atoms with Crippen LogP contribution >= 0.6 is 0 Å². The normalized spacial score (nSPS) is 11.7. The smallest absolute Gasteiger partial charge is 0.412 e. The number of rotatable bonds is 4. The Morgan fingerprint density at radius 2 is 2.14 bits per heavy atom. The topological polar surface area (TPSA) is 92.8 Å². The maximum absolute atomic E-state index is 14.2. The summed E-state index contributed by atoms with van der Waals surface area (Å²) in [6.07, 6.45) is 1.60. The fourth-order valence-corrected chi connectivity index (χ4v) is 2.77. The first-order valence-corrected chi connectivity index (χ1v) is 8.17. The summed E-state index contributed by atoms with van der Waals surface area (Å²) >= 11 is 0. The largest absolute Gasteiger partial charge is 0.416 e. The molecule has 2 aromatic heterocycles. The van der Waals surface area contributed by atoms with Crippen molar-refractivity contribution in [2.45, 2.75) is 19.9 Å². The molecule has 28 heavy (non-hydrogen) atoms. The number of imidazole rings is 1. The third kappa shape index (κ3) is 3.53. The highest BCUT2D eigenvalue weighted by Gasteiger charge is 2.24. The molecule has 2 heterocycles. The van der Waals surface area contributed by atoms with Gasteiger partial charge in [0.1, 0.15) is 29.1 Å². The lowest BCUT2D eigenvalue weighted by Gasteiger charge is -2.16. The Morgan fingerprint density at radius 1 is 1.39 bits per heavy atom. The van der Waals surface area contributed by atoms with Gasteiger partial charge in [-0.3, -0.25) is 9.55 Å². The van der Waals surface area contributed by atoms with Crippen LogP contribution in [0.15, 0.2) is 42.9 Å². The number of halogens is 2.